The van der Waals surface area contributed by atoms with Gasteiger partial charge in [0.05, 0.1) is 5.69 Å². The minimum absolute atomic E-state index is 0.323. The lowest BCUT2D eigenvalue weighted by atomic mass is 10.1. The van der Waals surface area contributed by atoms with Crippen LogP contribution in [0.2, 0.25) is 0 Å². The first-order valence-corrected chi connectivity index (χ1v) is 4.98. The van der Waals surface area contributed by atoms with Crippen molar-refractivity contribution in [1.82, 2.24) is 10.3 Å². The normalized spacial score (nSPS) is 20.6. The summed E-state index contributed by atoms with van der Waals surface area (Å²) < 4.78 is 5.19. The average Bonchev–Trinajstić information content (AvgIpc) is 2.70. The lowest BCUT2D eigenvalue weighted by Crippen LogP contribution is -2.09. The Morgan fingerprint density at radius 2 is 2.14 bits per heavy atom. The van der Waals surface area contributed by atoms with Crippen molar-refractivity contribution < 1.29 is 4.42 Å². The molecule has 0 saturated heterocycles. The zero-order chi connectivity index (χ0) is 9.54. The molecule has 14 heavy (non-hydrogen) atoms. The lowest BCUT2D eigenvalue weighted by molar-refractivity contribution is 0.501. The van der Waals surface area contributed by atoms with Crippen molar-refractivity contribution in [3.8, 4) is 0 Å². The molecule has 4 nitrogen and oxygen atoms in total. The van der Waals surface area contributed by atoms with Crippen molar-refractivity contribution in [2.45, 2.75) is 19.3 Å². The predicted octanol–water partition coefficient (Wildman–Crippen LogP) is 0.661. The predicted molar refractivity (Wildman–Crippen MR) is 52.1 cm³/mol. The number of rotatable bonds is 0. The van der Waals surface area contributed by atoms with Gasteiger partial charge in [-0.25, -0.2) is 4.79 Å². The first-order chi connectivity index (χ1) is 6.84. The van der Waals surface area contributed by atoms with Crippen LogP contribution >= 0.6 is 0 Å². The Kier molecular flexibility index (Phi) is 1.64. The van der Waals surface area contributed by atoms with Crippen LogP contribution in [0.4, 0.5) is 0 Å². The van der Waals surface area contributed by atoms with Gasteiger partial charge in [0.25, 0.3) is 0 Å². The lowest BCUT2D eigenvalue weighted by Gasteiger charge is -1.97. The molecule has 1 aromatic heterocycles. The summed E-state index contributed by atoms with van der Waals surface area (Å²) in [7, 11) is 0. The number of oxazole rings is 1. The van der Waals surface area contributed by atoms with Gasteiger partial charge in [0.15, 0.2) is 5.76 Å². The molecular formula is C10H12N2O2. The second-order valence-corrected chi connectivity index (χ2v) is 3.86. The summed E-state index contributed by atoms with van der Waals surface area (Å²) in [6.07, 6.45) is 3.14. The highest BCUT2D eigenvalue weighted by atomic mass is 16.4. The third-order valence-corrected chi connectivity index (χ3v) is 2.97. The Morgan fingerprint density at radius 3 is 3.07 bits per heavy atom. The van der Waals surface area contributed by atoms with E-state index in [9.17, 15) is 4.79 Å². The molecule has 2 heterocycles. The molecule has 3 rings (SSSR count). The molecule has 1 aromatic rings. The van der Waals surface area contributed by atoms with E-state index in [-0.39, 0.29) is 5.76 Å². The molecule has 0 amide bonds. The van der Waals surface area contributed by atoms with E-state index in [4.69, 9.17) is 4.42 Å². The van der Waals surface area contributed by atoms with Gasteiger partial charge in [0.2, 0.25) is 0 Å². The van der Waals surface area contributed by atoms with E-state index < -0.39 is 0 Å². The molecule has 2 N–H and O–H groups in total. The standard InChI is InChI=1S/C10H12N2O2/c13-10-12-8-3-1-2-6-4-11-5-7(6)9(8)14-10/h11H,1-5H2,(H,12,13). The van der Waals surface area contributed by atoms with Crippen LogP contribution < -0.4 is 11.1 Å². The molecule has 0 unspecified atom stereocenters. The number of hydrogen-bond donors (Lipinski definition) is 2. The molecule has 0 spiro atoms. The molecule has 2 aliphatic rings. The van der Waals surface area contributed by atoms with Gasteiger partial charge in [0.1, 0.15) is 0 Å². The number of nitrogens with one attached hydrogen (secondary N) is 2. The van der Waals surface area contributed by atoms with Gasteiger partial charge in [0, 0.05) is 18.7 Å². The molecule has 0 radical (unpaired) electrons. The summed E-state index contributed by atoms with van der Waals surface area (Å²) in [4.78, 5) is 13.9. The fraction of sp³-hybridized carbons (Fsp3) is 0.500. The highest BCUT2D eigenvalue weighted by Crippen LogP contribution is 2.30. The summed E-state index contributed by atoms with van der Waals surface area (Å²) in [5.41, 5.74) is 3.59. The fourth-order valence-corrected chi connectivity index (χ4v) is 2.31. The highest BCUT2D eigenvalue weighted by Gasteiger charge is 2.24. The van der Waals surface area contributed by atoms with Crippen molar-refractivity contribution in [1.29, 1.82) is 0 Å². The maximum Gasteiger partial charge on any atom is 0.417 e. The van der Waals surface area contributed by atoms with Gasteiger partial charge in [-0.15, -0.1) is 0 Å². The van der Waals surface area contributed by atoms with Crippen LogP contribution in [0, 0.1) is 0 Å². The molecule has 0 fully saturated rings. The molecule has 0 atom stereocenters. The van der Waals surface area contributed by atoms with E-state index in [1.54, 1.807) is 0 Å². The van der Waals surface area contributed by atoms with Gasteiger partial charge < -0.3 is 9.73 Å². The van der Waals surface area contributed by atoms with Crippen molar-refractivity contribution >= 4 is 5.57 Å². The monoisotopic (exact) mass is 192 g/mol. The second kappa shape index (κ2) is 2.85. The average molecular weight is 192 g/mol. The molecule has 1 aliphatic heterocycles. The Balaban J connectivity index is 2.20. The van der Waals surface area contributed by atoms with Crippen LogP contribution in [0.5, 0.6) is 0 Å². The smallest absolute Gasteiger partial charge is 0.408 e. The summed E-state index contributed by atoms with van der Waals surface area (Å²) in [5.74, 6) is 0.475. The van der Waals surface area contributed by atoms with Crippen molar-refractivity contribution in [3.63, 3.8) is 0 Å². The van der Waals surface area contributed by atoms with Crippen LogP contribution in [-0.2, 0) is 6.42 Å². The number of fused-ring (bicyclic) bond motifs is 2. The fourth-order valence-electron chi connectivity index (χ4n) is 2.31. The van der Waals surface area contributed by atoms with E-state index in [1.807, 2.05) is 0 Å². The number of aryl methyl sites for hydroxylation is 1. The maximum absolute atomic E-state index is 11.1. The van der Waals surface area contributed by atoms with Gasteiger partial charge in [-0.2, -0.15) is 0 Å². The Labute approximate surface area is 81.0 Å². The Hall–Kier alpha value is -1.29. The summed E-state index contributed by atoms with van der Waals surface area (Å²) in [5, 5.41) is 3.29. The first kappa shape index (κ1) is 8.05. The zero-order valence-corrected chi connectivity index (χ0v) is 7.85. The summed E-state index contributed by atoms with van der Waals surface area (Å²) >= 11 is 0. The van der Waals surface area contributed by atoms with E-state index in [0.717, 1.165) is 43.8 Å². The maximum atomic E-state index is 11.1. The first-order valence-electron chi connectivity index (χ1n) is 4.98. The van der Waals surface area contributed by atoms with Crippen molar-refractivity contribution in [2.24, 2.45) is 0 Å². The number of H-pyrrole nitrogens is 1. The van der Waals surface area contributed by atoms with Crippen LogP contribution in [0.25, 0.3) is 5.57 Å². The minimum Gasteiger partial charge on any atom is -0.408 e. The molecule has 0 bridgehead atoms. The van der Waals surface area contributed by atoms with E-state index >= 15 is 0 Å². The second-order valence-electron chi connectivity index (χ2n) is 3.86. The van der Waals surface area contributed by atoms with Gasteiger partial charge in [-0.3, -0.25) is 4.98 Å². The largest absolute Gasteiger partial charge is 0.417 e. The van der Waals surface area contributed by atoms with Crippen molar-refractivity contribution in [3.05, 3.63) is 27.6 Å². The van der Waals surface area contributed by atoms with E-state index in [0.29, 0.717) is 0 Å². The molecular weight excluding hydrogens is 180 g/mol. The van der Waals surface area contributed by atoms with Crippen LogP contribution in [0.3, 0.4) is 0 Å². The molecule has 0 saturated carbocycles. The number of aromatic nitrogens is 1. The minimum atomic E-state index is -0.323. The molecule has 0 aromatic carbocycles. The van der Waals surface area contributed by atoms with Crippen LogP contribution in [0.15, 0.2) is 14.8 Å². The highest BCUT2D eigenvalue weighted by molar-refractivity contribution is 5.70. The van der Waals surface area contributed by atoms with E-state index in [1.165, 1.54) is 11.1 Å². The SMILES string of the molecule is O=c1[nH]c2c(o1)C1=C(CCC2)CNC1. The molecule has 1 aliphatic carbocycles. The number of hydrogen-bond acceptors (Lipinski definition) is 3. The quantitative estimate of drug-likeness (QED) is 0.635. The van der Waals surface area contributed by atoms with Crippen molar-refractivity contribution in [2.75, 3.05) is 13.1 Å². The number of aromatic amines is 1. The van der Waals surface area contributed by atoms with Crippen LogP contribution in [0.1, 0.15) is 24.3 Å². The van der Waals surface area contributed by atoms with Crippen LogP contribution in [-0.4, -0.2) is 18.1 Å². The third-order valence-electron chi connectivity index (χ3n) is 2.97. The molecule has 74 valence electrons. The van der Waals surface area contributed by atoms with Gasteiger partial charge in [-0.1, -0.05) is 0 Å². The Morgan fingerprint density at radius 1 is 1.21 bits per heavy atom. The van der Waals surface area contributed by atoms with Gasteiger partial charge in [-0.05, 0) is 24.8 Å². The topological polar surface area (TPSA) is 58.0 Å². The molecule has 4 heteroatoms. The third kappa shape index (κ3) is 1.07. The van der Waals surface area contributed by atoms with E-state index in [2.05, 4.69) is 10.3 Å². The Bertz CT molecular complexity index is 453. The summed E-state index contributed by atoms with van der Waals surface area (Å²) in [6.45, 7) is 1.78. The summed E-state index contributed by atoms with van der Waals surface area (Å²) in [6, 6.07) is 0. The zero-order valence-electron chi connectivity index (χ0n) is 7.85. The van der Waals surface area contributed by atoms with Gasteiger partial charge >= 0.3 is 5.76 Å².